The van der Waals surface area contributed by atoms with E-state index in [-0.39, 0.29) is 6.03 Å². The van der Waals surface area contributed by atoms with Crippen molar-refractivity contribution < 1.29 is 4.79 Å². The summed E-state index contributed by atoms with van der Waals surface area (Å²) in [5.41, 5.74) is 4.98. The Kier molecular flexibility index (Phi) is 7.38. The average molecular weight is 478 g/mol. The number of halogens is 2. The maximum Gasteiger partial charge on any atom is 0.322 e. The first-order valence-electron chi connectivity index (χ1n) is 10.7. The van der Waals surface area contributed by atoms with Gasteiger partial charge in [0.15, 0.2) is 0 Å². The Morgan fingerprint density at radius 2 is 1.55 bits per heavy atom. The lowest BCUT2D eigenvalue weighted by molar-refractivity contribution is 0.205. The minimum Gasteiger partial charge on any atom is -0.345 e. The smallest absolute Gasteiger partial charge is 0.322 e. The number of hydrogen-bond acceptors (Lipinski definition) is 1. The van der Waals surface area contributed by atoms with Crippen LogP contribution < -0.4 is 5.32 Å². The normalized spacial score (nSPS) is 10.8. The molecule has 33 heavy (non-hydrogen) atoms. The third kappa shape index (κ3) is 5.78. The number of aromatic nitrogens is 1. The highest BCUT2D eigenvalue weighted by Gasteiger charge is 2.19. The predicted octanol–water partition coefficient (Wildman–Crippen LogP) is 7.39. The molecule has 2 amide bonds. The first kappa shape index (κ1) is 23.0. The lowest BCUT2D eigenvalue weighted by Crippen LogP contribution is -2.35. The molecule has 4 nitrogen and oxygen atoms in total. The molecule has 0 fully saturated rings. The highest BCUT2D eigenvalue weighted by molar-refractivity contribution is 6.39. The van der Waals surface area contributed by atoms with Crippen molar-refractivity contribution in [3.8, 4) is 0 Å². The highest BCUT2D eigenvalue weighted by atomic mass is 35.5. The number of aryl methyl sites for hydroxylation is 1. The third-order valence-corrected chi connectivity index (χ3v) is 6.21. The molecule has 1 heterocycles. The van der Waals surface area contributed by atoms with Crippen LogP contribution in [-0.2, 0) is 19.6 Å². The summed E-state index contributed by atoms with van der Waals surface area (Å²) in [6.07, 6.45) is 2.05. The van der Waals surface area contributed by atoms with Crippen LogP contribution in [0.1, 0.15) is 22.4 Å². The number of anilines is 1. The molecule has 6 heteroatoms. The van der Waals surface area contributed by atoms with Crippen molar-refractivity contribution in [2.75, 3.05) is 5.32 Å². The van der Waals surface area contributed by atoms with E-state index in [2.05, 4.69) is 28.9 Å². The molecule has 0 radical (unpaired) electrons. The number of amides is 2. The number of carbonyl (C=O) groups excluding carboxylic acids is 1. The Morgan fingerprint density at radius 1 is 0.848 bits per heavy atom. The number of urea groups is 1. The molecule has 3 aromatic carbocycles. The quantitative estimate of drug-likeness (QED) is 0.296. The lowest BCUT2D eigenvalue weighted by atomic mass is 10.1. The second-order valence-corrected chi connectivity index (χ2v) is 8.74. The van der Waals surface area contributed by atoms with Crippen molar-refractivity contribution in [3.63, 3.8) is 0 Å². The number of hydrogen-bond donors (Lipinski definition) is 1. The summed E-state index contributed by atoms with van der Waals surface area (Å²) in [6.45, 7) is 3.74. The molecular weight excluding hydrogens is 453 g/mol. The van der Waals surface area contributed by atoms with E-state index >= 15 is 0 Å². The van der Waals surface area contributed by atoms with Crippen molar-refractivity contribution in [1.29, 1.82) is 0 Å². The summed E-state index contributed by atoms with van der Waals surface area (Å²) in [4.78, 5) is 15.1. The zero-order valence-electron chi connectivity index (χ0n) is 18.3. The SMILES string of the molecule is Cc1ccccc1Cn1cccc1CN(Cc1ccccc1)C(=O)Nc1c(Cl)cccc1Cl. The number of carbonyl (C=O) groups is 1. The topological polar surface area (TPSA) is 37.3 Å². The minimum atomic E-state index is -0.266. The summed E-state index contributed by atoms with van der Waals surface area (Å²) in [6, 6.07) is 27.2. The Balaban J connectivity index is 1.59. The monoisotopic (exact) mass is 477 g/mol. The van der Waals surface area contributed by atoms with Gasteiger partial charge in [0.1, 0.15) is 0 Å². The molecule has 0 atom stereocenters. The first-order valence-corrected chi connectivity index (χ1v) is 11.5. The number of para-hydroxylation sites is 1. The van der Waals surface area contributed by atoms with Crippen LogP contribution in [0.5, 0.6) is 0 Å². The van der Waals surface area contributed by atoms with Gasteiger partial charge in [0.2, 0.25) is 0 Å². The molecular formula is C27H25Cl2N3O. The fourth-order valence-electron chi connectivity index (χ4n) is 3.72. The largest absolute Gasteiger partial charge is 0.345 e. The summed E-state index contributed by atoms with van der Waals surface area (Å²) in [5, 5.41) is 3.71. The molecule has 0 bridgehead atoms. The van der Waals surface area contributed by atoms with Gasteiger partial charge in [-0.1, -0.05) is 83.9 Å². The van der Waals surface area contributed by atoms with E-state index < -0.39 is 0 Å². The molecule has 0 aliphatic heterocycles. The number of nitrogens with zero attached hydrogens (tertiary/aromatic N) is 2. The highest BCUT2D eigenvalue weighted by Crippen LogP contribution is 2.30. The average Bonchev–Trinajstić information content (AvgIpc) is 3.24. The van der Waals surface area contributed by atoms with Crippen LogP contribution in [0.25, 0.3) is 0 Å². The third-order valence-electron chi connectivity index (χ3n) is 5.58. The Bertz CT molecular complexity index is 1220. The van der Waals surface area contributed by atoms with E-state index in [1.165, 1.54) is 11.1 Å². The summed E-state index contributed by atoms with van der Waals surface area (Å²) in [7, 11) is 0. The zero-order chi connectivity index (χ0) is 23.2. The van der Waals surface area contributed by atoms with Gasteiger partial charge in [-0.3, -0.25) is 0 Å². The predicted molar refractivity (Wildman–Crippen MR) is 136 cm³/mol. The first-order chi connectivity index (χ1) is 16.0. The van der Waals surface area contributed by atoms with Crippen molar-refractivity contribution in [1.82, 2.24) is 9.47 Å². The minimum absolute atomic E-state index is 0.266. The van der Waals surface area contributed by atoms with Crippen molar-refractivity contribution in [2.24, 2.45) is 0 Å². The van der Waals surface area contributed by atoms with E-state index in [0.717, 1.165) is 17.8 Å². The number of nitrogens with one attached hydrogen (secondary N) is 1. The van der Waals surface area contributed by atoms with Crippen LogP contribution in [-0.4, -0.2) is 15.5 Å². The van der Waals surface area contributed by atoms with E-state index in [4.69, 9.17) is 23.2 Å². The van der Waals surface area contributed by atoms with Crippen LogP contribution in [0.4, 0.5) is 10.5 Å². The number of rotatable bonds is 7. The van der Waals surface area contributed by atoms with Gasteiger partial charge in [0, 0.05) is 25.0 Å². The Labute approximate surface area is 204 Å². The van der Waals surface area contributed by atoms with Crippen LogP contribution in [0.15, 0.2) is 91.1 Å². The molecule has 4 aromatic rings. The molecule has 0 saturated heterocycles. The van der Waals surface area contributed by atoms with Gasteiger partial charge >= 0.3 is 6.03 Å². The molecule has 0 aliphatic carbocycles. The van der Waals surface area contributed by atoms with Gasteiger partial charge in [0.05, 0.1) is 22.3 Å². The Morgan fingerprint density at radius 3 is 2.27 bits per heavy atom. The standard InChI is InChI=1S/C27H25Cl2N3O/c1-20-9-5-6-12-22(20)18-31-16-8-13-23(31)19-32(17-21-10-3-2-4-11-21)27(33)30-26-24(28)14-7-15-25(26)29/h2-16H,17-19H2,1H3,(H,30,33). The van der Waals surface area contributed by atoms with Crippen LogP contribution in [0, 0.1) is 6.92 Å². The van der Waals surface area contributed by atoms with Gasteiger partial charge in [-0.2, -0.15) is 0 Å². The molecule has 0 saturated carbocycles. The van der Waals surface area contributed by atoms with Crippen LogP contribution >= 0.6 is 23.2 Å². The number of benzene rings is 3. The van der Waals surface area contributed by atoms with Gasteiger partial charge in [-0.05, 0) is 47.9 Å². The molecule has 0 spiro atoms. The fourth-order valence-corrected chi connectivity index (χ4v) is 4.21. The van der Waals surface area contributed by atoms with Crippen molar-refractivity contribution in [3.05, 3.63) is 124 Å². The second kappa shape index (κ2) is 10.6. The van der Waals surface area contributed by atoms with Gasteiger partial charge in [-0.25, -0.2) is 4.79 Å². The van der Waals surface area contributed by atoms with Crippen LogP contribution in [0.2, 0.25) is 10.0 Å². The van der Waals surface area contributed by atoms with E-state index in [9.17, 15) is 4.79 Å². The maximum atomic E-state index is 13.4. The van der Waals surface area contributed by atoms with Crippen molar-refractivity contribution >= 4 is 34.9 Å². The van der Waals surface area contributed by atoms with Gasteiger partial charge < -0.3 is 14.8 Å². The lowest BCUT2D eigenvalue weighted by Gasteiger charge is -2.25. The molecule has 1 aromatic heterocycles. The molecule has 168 valence electrons. The molecule has 4 rings (SSSR count). The summed E-state index contributed by atoms with van der Waals surface area (Å²) in [5.74, 6) is 0. The summed E-state index contributed by atoms with van der Waals surface area (Å²) < 4.78 is 2.18. The fraction of sp³-hybridized carbons (Fsp3) is 0.148. The van der Waals surface area contributed by atoms with Gasteiger partial charge in [-0.15, -0.1) is 0 Å². The zero-order valence-corrected chi connectivity index (χ0v) is 19.9. The van der Waals surface area contributed by atoms with Crippen molar-refractivity contribution in [2.45, 2.75) is 26.6 Å². The second-order valence-electron chi connectivity index (χ2n) is 7.92. The molecule has 1 N–H and O–H groups in total. The Hall–Kier alpha value is -3.21. The van der Waals surface area contributed by atoms with E-state index in [1.807, 2.05) is 60.8 Å². The molecule has 0 aliphatic rings. The van der Waals surface area contributed by atoms with E-state index in [1.54, 1.807) is 23.1 Å². The van der Waals surface area contributed by atoms with Gasteiger partial charge in [0.25, 0.3) is 0 Å². The maximum absolute atomic E-state index is 13.4. The molecule has 0 unspecified atom stereocenters. The summed E-state index contributed by atoms with van der Waals surface area (Å²) >= 11 is 12.6. The van der Waals surface area contributed by atoms with Crippen LogP contribution in [0.3, 0.4) is 0 Å². The van der Waals surface area contributed by atoms with E-state index in [0.29, 0.717) is 28.8 Å².